The van der Waals surface area contributed by atoms with Gasteiger partial charge in [0.15, 0.2) is 23.0 Å². The van der Waals surface area contributed by atoms with Gasteiger partial charge in [0.05, 0.1) is 39.6 Å². The average molecular weight is 672 g/mol. The molecule has 0 bridgehead atoms. The molecule has 2 fully saturated rings. The first-order valence-electron chi connectivity index (χ1n) is 17.2. The lowest BCUT2D eigenvalue weighted by molar-refractivity contribution is -0.134. The summed E-state index contributed by atoms with van der Waals surface area (Å²) in [7, 11) is 4.67. The van der Waals surface area contributed by atoms with Gasteiger partial charge in [-0.1, -0.05) is 72.8 Å². The average Bonchev–Trinajstić information content (AvgIpc) is 3.89. The second-order valence-corrected chi connectivity index (χ2v) is 12.3. The molecule has 7 nitrogen and oxygen atoms in total. The largest absolute Gasteiger partial charge is 0.493 e. The van der Waals surface area contributed by atoms with E-state index in [0.717, 1.165) is 70.6 Å². The fraction of sp³-hybridized carbons (Fsp3) is 0.302. The number of carbonyl (C=O) groups is 1. The number of esters is 1. The zero-order chi connectivity index (χ0) is 35.1. The third kappa shape index (κ3) is 9.57. The molecule has 4 aromatic rings. The number of ether oxygens (including phenoxy) is 5. The first kappa shape index (κ1) is 35.8. The Balaban J connectivity index is 0.000000195. The molecule has 7 heteroatoms. The van der Waals surface area contributed by atoms with Crippen molar-refractivity contribution in [1.82, 2.24) is 0 Å². The maximum Gasteiger partial charge on any atom is 0.331 e. The number of hydrogen-bond acceptors (Lipinski definition) is 7. The molecule has 6 rings (SSSR count). The van der Waals surface area contributed by atoms with Gasteiger partial charge in [-0.15, -0.1) is 0 Å². The van der Waals surface area contributed by atoms with Crippen molar-refractivity contribution in [3.63, 3.8) is 0 Å². The smallest absolute Gasteiger partial charge is 0.331 e. The Hall–Kier alpha value is -5.48. The van der Waals surface area contributed by atoms with Gasteiger partial charge >= 0.3 is 5.97 Å². The minimum Gasteiger partial charge on any atom is -0.493 e. The van der Waals surface area contributed by atoms with Crippen molar-refractivity contribution in [2.75, 3.05) is 21.3 Å². The summed E-state index contributed by atoms with van der Waals surface area (Å²) in [6.45, 7) is 0. The Morgan fingerprint density at radius 2 is 1.04 bits per heavy atom. The van der Waals surface area contributed by atoms with Crippen molar-refractivity contribution in [3.8, 4) is 29.1 Å². The van der Waals surface area contributed by atoms with Crippen LogP contribution in [-0.4, -0.2) is 39.5 Å². The van der Waals surface area contributed by atoms with E-state index < -0.39 is 5.97 Å². The van der Waals surface area contributed by atoms with Gasteiger partial charge in [-0.05, 0) is 109 Å². The summed E-state index contributed by atoms with van der Waals surface area (Å²) >= 11 is 0. The van der Waals surface area contributed by atoms with E-state index in [0.29, 0.717) is 11.5 Å². The van der Waals surface area contributed by atoms with Crippen LogP contribution in [0.1, 0.15) is 73.6 Å². The van der Waals surface area contributed by atoms with E-state index in [2.05, 4.69) is 6.07 Å². The molecule has 0 N–H and O–H groups in total. The van der Waals surface area contributed by atoms with Crippen molar-refractivity contribution in [2.45, 2.75) is 63.6 Å². The topological polar surface area (TPSA) is 87.0 Å². The molecule has 0 amide bonds. The molecular formula is C43H45NO6. The van der Waals surface area contributed by atoms with Crippen LogP contribution in [0.4, 0.5) is 0 Å². The van der Waals surface area contributed by atoms with Gasteiger partial charge in [-0.3, -0.25) is 0 Å². The predicted molar refractivity (Wildman–Crippen MR) is 196 cm³/mol. The summed E-state index contributed by atoms with van der Waals surface area (Å²) in [5.41, 5.74) is 5.46. The lowest BCUT2D eigenvalue weighted by Gasteiger charge is -2.18. The minimum atomic E-state index is -0.391. The summed E-state index contributed by atoms with van der Waals surface area (Å²) in [5, 5.41) is 9.18. The van der Waals surface area contributed by atoms with E-state index >= 15 is 0 Å². The maximum absolute atomic E-state index is 11.9. The van der Waals surface area contributed by atoms with Crippen molar-refractivity contribution in [3.05, 3.63) is 131 Å². The second kappa shape index (κ2) is 18.3. The molecule has 50 heavy (non-hydrogen) atoms. The zero-order valence-electron chi connectivity index (χ0n) is 29.1. The van der Waals surface area contributed by atoms with Gasteiger partial charge in [0, 0.05) is 12.2 Å². The lowest BCUT2D eigenvalue weighted by atomic mass is 9.97. The number of carbonyl (C=O) groups excluding carboxylic acids is 1. The van der Waals surface area contributed by atoms with Crippen LogP contribution in [0, 0.1) is 11.3 Å². The molecule has 4 aromatic carbocycles. The SMILES string of the molecule is COC(=O)C=C(c1ccccc1)c1ccc(OC)c(OC2CCCC2)c1.COc1ccc(C(=CC#N)c2ccccc2)cc1OC1CCCC1. The molecule has 0 atom stereocenters. The number of benzene rings is 4. The normalized spacial score (nSPS) is 15.0. The maximum atomic E-state index is 11.9. The molecule has 0 spiro atoms. The number of hydrogen-bond donors (Lipinski definition) is 0. The number of allylic oxidation sites excluding steroid dienone is 1. The quantitative estimate of drug-likeness (QED) is 0.0892. The second-order valence-electron chi connectivity index (χ2n) is 12.3. The highest BCUT2D eigenvalue weighted by Crippen LogP contribution is 2.37. The van der Waals surface area contributed by atoms with Crippen molar-refractivity contribution >= 4 is 17.1 Å². The predicted octanol–water partition coefficient (Wildman–Crippen LogP) is 9.59. The zero-order valence-corrected chi connectivity index (χ0v) is 29.1. The molecule has 0 radical (unpaired) electrons. The summed E-state index contributed by atoms with van der Waals surface area (Å²) in [4.78, 5) is 11.9. The Morgan fingerprint density at radius 3 is 1.46 bits per heavy atom. The van der Waals surface area contributed by atoms with Crippen LogP contribution in [0.25, 0.3) is 11.1 Å². The first-order valence-corrected chi connectivity index (χ1v) is 17.2. The lowest BCUT2D eigenvalue weighted by Crippen LogP contribution is -2.11. The van der Waals surface area contributed by atoms with Crippen LogP contribution in [0.2, 0.25) is 0 Å². The fourth-order valence-corrected chi connectivity index (χ4v) is 6.39. The van der Waals surface area contributed by atoms with Crippen molar-refractivity contribution in [1.29, 1.82) is 5.26 Å². The van der Waals surface area contributed by atoms with E-state index in [1.807, 2.05) is 97.1 Å². The monoisotopic (exact) mass is 671 g/mol. The Labute approximate surface area is 295 Å². The molecule has 0 aromatic heterocycles. The van der Waals surface area contributed by atoms with E-state index in [9.17, 15) is 10.1 Å². The van der Waals surface area contributed by atoms with Gasteiger partial charge < -0.3 is 23.7 Å². The summed E-state index contributed by atoms with van der Waals surface area (Å²) < 4.78 is 28.1. The van der Waals surface area contributed by atoms with Gasteiger partial charge in [0.2, 0.25) is 0 Å². The molecule has 0 saturated heterocycles. The van der Waals surface area contributed by atoms with E-state index in [1.54, 1.807) is 20.3 Å². The molecule has 258 valence electrons. The third-order valence-electron chi connectivity index (χ3n) is 8.98. The van der Waals surface area contributed by atoms with Gasteiger partial charge in [0.25, 0.3) is 0 Å². The molecule has 2 aliphatic carbocycles. The number of nitriles is 1. The molecule has 2 aliphatic rings. The van der Waals surface area contributed by atoms with E-state index in [-0.39, 0.29) is 12.2 Å². The highest BCUT2D eigenvalue weighted by molar-refractivity contribution is 5.96. The summed E-state index contributed by atoms with van der Waals surface area (Å²) in [6, 6.07) is 33.5. The highest BCUT2D eigenvalue weighted by atomic mass is 16.5. The third-order valence-corrected chi connectivity index (χ3v) is 8.98. The van der Waals surface area contributed by atoms with E-state index in [4.69, 9.17) is 23.7 Å². The number of nitrogens with zero attached hydrogens (tertiary/aromatic N) is 1. The summed E-state index contributed by atoms with van der Waals surface area (Å²) in [5.74, 6) is 2.50. The number of rotatable bonds is 11. The van der Waals surface area contributed by atoms with Crippen LogP contribution in [0.3, 0.4) is 0 Å². The Morgan fingerprint density at radius 1 is 0.600 bits per heavy atom. The van der Waals surface area contributed by atoms with Gasteiger partial charge in [-0.2, -0.15) is 5.26 Å². The van der Waals surface area contributed by atoms with E-state index in [1.165, 1.54) is 38.9 Å². The standard InChI is InChI=1S/C22H24O4.C21H21NO2/c1-24-20-13-12-17(14-21(20)26-18-10-6-7-11-18)19(15-22(23)25-2)16-8-4-3-5-9-16;1-23-20-12-11-17(15-21(20)24-18-9-5-6-10-18)19(13-14-22)16-7-3-2-4-8-16/h3-5,8-9,12-15,18H,6-7,10-11H2,1-2H3;2-4,7-8,11-13,15,18H,5-6,9-10H2,1H3. The molecule has 0 unspecified atom stereocenters. The van der Waals surface area contributed by atoms with Gasteiger partial charge in [0.1, 0.15) is 0 Å². The number of methoxy groups -OCH3 is 3. The first-order chi connectivity index (χ1) is 24.5. The van der Waals surface area contributed by atoms with Crippen LogP contribution in [0.5, 0.6) is 23.0 Å². The summed E-state index contributed by atoms with van der Waals surface area (Å²) in [6.07, 6.45) is 12.7. The van der Waals surface area contributed by atoms with Crippen LogP contribution < -0.4 is 18.9 Å². The Kier molecular flexibility index (Phi) is 13.1. The van der Waals surface area contributed by atoms with Crippen LogP contribution >= 0.6 is 0 Å². The van der Waals surface area contributed by atoms with Crippen molar-refractivity contribution < 1.29 is 28.5 Å². The van der Waals surface area contributed by atoms with Crippen LogP contribution in [0.15, 0.2) is 109 Å². The molecule has 0 aliphatic heterocycles. The molecule has 2 saturated carbocycles. The minimum absolute atomic E-state index is 0.226. The van der Waals surface area contributed by atoms with Gasteiger partial charge in [-0.25, -0.2) is 4.79 Å². The van der Waals surface area contributed by atoms with Crippen molar-refractivity contribution in [2.24, 2.45) is 0 Å². The van der Waals surface area contributed by atoms with Crippen LogP contribution in [-0.2, 0) is 9.53 Å². The Bertz CT molecular complexity index is 1800. The fourth-order valence-electron chi connectivity index (χ4n) is 6.39. The highest BCUT2D eigenvalue weighted by Gasteiger charge is 2.21. The molecular weight excluding hydrogens is 626 g/mol. The molecule has 0 heterocycles.